The van der Waals surface area contributed by atoms with Crippen LogP contribution in [-0.2, 0) is 11.3 Å². The minimum atomic E-state index is -0.0708. The number of methoxy groups -OCH3 is 1. The first-order chi connectivity index (χ1) is 14.1. The second-order valence-corrected chi connectivity index (χ2v) is 7.31. The first-order valence-electron chi connectivity index (χ1n) is 9.93. The quantitative estimate of drug-likeness (QED) is 0.343. The number of carbonyl (C=O) groups is 1. The summed E-state index contributed by atoms with van der Waals surface area (Å²) >= 11 is 0. The number of benzene rings is 1. The highest BCUT2D eigenvalue weighted by atomic mass is 127. The molecule has 9 heteroatoms. The standard InChI is InChI=1S/C21H30N6O2.HI/c1-16-8-10-26(14-19(16)27-11-9-23-15-27)21(22-2)25-13-20(28)24-12-17-4-6-18(29-3)7-5-17;/h4-7,9,11,15-16,19H,8,10,12-14H2,1-3H3,(H,22,25)(H,24,28);1H. The largest absolute Gasteiger partial charge is 0.497 e. The van der Waals surface area contributed by atoms with Crippen molar-refractivity contribution < 1.29 is 9.53 Å². The molecule has 0 aliphatic carbocycles. The maximum atomic E-state index is 12.3. The minimum absolute atomic E-state index is 0. The fraction of sp³-hybridized carbons (Fsp3) is 0.476. The van der Waals surface area contributed by atoms with E-state index in [1.54, 1.807) is 14.2 Å². The Labute approximate surface area is 195 Å². The number of aromatic nitrogens is 2. The van der Waals surface area contributed by atoms with E-state index in [2.05, 4.69) is 37.0 Å². The Morgan fingerprint density at radius 3 is 2.70 bits per heavy atom. The normalized spacial score (nSPS) is 19.0. The molecule has 1 aromatic carbocycles. The Morgan fingerprint density at radius 1 is 1.30 bits per heavy atom. The number of imidazole rings is 1. The van der Waals surface area contributed by atoms with Gasteiger partial charge in [0.25, 0.3) is 0 Å². The molecule has 2 heterocycles. The van der Waals surface area contributed by atoms with Gasteiger partial charge in [-0.25, -0.2) is 4.98 Å². The number of nitrogens with one attached hydrogen (secondary N) is 2. The van der Waals surface area contributed by atoms with Crippen LogP contribution < -0.4 is 15.4 Å². The summed E-state index contributed by atoms with van der Waals surface area (Å²) in [4.78, 5) is 23.0. The van der Waals surface area contributed by atoms with Crippen LogP contribution >= 0.6 is 24.0 Å². The predicted octanol–water partition coefficient (Wildman–Crippen LogP) is 2.28. The van der Waals surface area contributed by atoms with Gasteiger partial charge < -0.3 is 24.8 Å². The lowest BCUT2D eigenvalue weighted by Gasteiger charge is -2.39. The number of rotatable bonds is 6. The van der Waals surface area contributed by atoms with Crippen LogP contribution in [0.1, 0.15) is 24.9 Å². The molecule has 2 unspecified atom stereocenters. The summed E-state index contributed by atoms with van der Waals surface area (Å²) in [6.07, 6.45) is 6.75. The van der Waals surface area contributed by atoms with Crippen LogP contribution in [0, 0.1) is 5.92 Å². The zero-order valence-electron chi connectivity index (χ0n) is 17.7. The van der Waals surface area contributed by atoms with Crippen LogP contribution in [0.3, 0.4) is 0 Å². The molecule has 0 radical (unpaired) electrons. The first kappa shape index (κ1) is 24.0. The number of piperidine rings is 1. The maximum absolute atomic E-state index is 12.3. The predicted molar refractivity (Wildman–Crippen MR) is 128 cm³/mol. The van der Waals surface area contributed by atoms with Crippen LogP contribution in [0.2, 0.25) is 0 Å². The molecule has 1 aromatic heterocycles. The molecular formula is C21H31IN6O2. The van der Waals surface area contributed by atoms with E-state index in [1.807, 2.05) is 43.0 Å². The molecule has 8 nitrogen and oxygen atoms in total. The Bertz CT molecular complexity index is 809. The van der Waals surface area contributed by atoms with Crippen LogP contribution in [0.25, 0.3) is 0 Å². The van der Waals surface area contributed by atoms with Gasteiger partial charge in [-0.2, -0.15) is 0 Å². The van der Waals surface area contributed by atoms with E-state index in [4.69, 9.17) is 4.74 Å². The molecular weight excluding hydrogens is 495 g/mol. The molecule has 1 amide bonds. The number of carbonyl (C=O) groups excluding carboxylic acids is 1. The third-order valence-electron chi connectivity index (χ3n) is 5.39. The molecule has 2 atom stereocenters. The van der Waals surface area contributed by atoms with Gasteiger partial charge in [-0.3, -0.25) is 9.79 Å². The van der Waals surface area contributed by atoms with Gasteiger partial charge in [0.2, 0.25) is 5.91 Å². The molecule has 2 aromatic rings. The lowest BCUT2D eigenvalue weighted by molar-refractivity contribution is -0.120. The molecule has 1 fully saturated rings. The Balaban J connectivity index is 0.00000320. The summed E-state index contributed by atoms with van der Waals surface area (Å²) in [7, 11) is 3.39. The summed E-state index contributed by atoms with van der Waals surface area (Å²) in [6.45, 7) is 4.69. The smallest absolute Gasteiger partial charge is 0.239 e. The molecule has 30 heavy (non-hydrogen) atoms. The van der Waals surface area contributed by atoms with Crippen molar-refractivity contribution in [3.8, 4) is 5.75 Å². The van der Waals surface area contributed by atoms with E-state index in [0.29, 0.717) is 18.5 Å². The van der Waals surface area contributed by atoms with Gasteiger partial charge in [-0.15, -0.1) is 24.0 Å². The SMILES string of the molecule is CN=C(NCC(=O)NCc1ccc(OC)cc1)N1CCC(C)C(n2ccnc2)C1.I. The van der Waals surface area contributed by atoms with E-state index in [1.165, 1.54) is 0 Å². The fourth-order valence-electron chi connectivity index (χ4n) is 3.59. The van der Waals surface area contributed by atoms with Crippen molar-refractivity contribution in [1.82, 2.24) is 25.1 Å². The Morgan fingerprint density at radius 2 is 2.07 bits per heavy atom. The second-order valence-electron chi connectivity index (χ2n) is 7.31. The summed E-state index contributed by atoms with van der Waals surface area (Å²) < 4.78 is 7.31. The highest BCUT2D eigenvalue weighted by Gasteiger charge is 2.28. The molecule has 2 N–H and O–H groups in total. The number of aliphatic imine (C=N–C) groups is 1. The third-order valence-corrected chi connectivity index (χ3v) is 5.39. The molecule has 1 saturated heterocycles. The maximum Gasteiger partial charge on any atom is 0.239 e. The van der Waals surface area contributed by atoms with Gasteiger partial charge in [-0.1, -0.05) is 19.1 Å². The number of guanidine groups is 1. The summed E-state index contributed by atoms with van der Waals surface area (Å²) in [5.74, 6) is 2.04. The monoisotopic (exact) mass is 526 g/mol. The van der Waals surface area contributed by atoms with Crippen molar-refractivity contribution in [2.24, 2.45) is 10.9 Å². The summed E-state index contributed by atoms with van der Waals surface area (Å²) in [5, 5.41) is 6.12. The van der Waals surface area contributed by atoms with Crippen LogP contribution in [0.15, 0.2) is 48.0 Å². The Kier molecular flexibility index (Phi) is 9.41. The van der Waals surface area contributed by atoms with E-state index < -0.39 is 0 Å². The van der Waals surface area contributed by atoms with Crippen molar-refractivity contribution >= 4 is 35.8 Å². The first-order valence-corrected chi connectivity index (χ1v) is 9.93. The van der Waals surface area contributed by atoms with Gasteiger partial charge >= 0.3 is 0 Å². The summed E-state index contributed by atoms with van der Waals surface area (Å²) in [5.41, 5.74) is 1.02. The molecule has 0 bridgehead atoms. The molecule has 3 rings (SSSR count). The van der Waals surface area contributed by atoms with Gasteiger partial charge in [0.15, 0.2) is 5.96 Å². The van der Waals surface area contributed by atoms with E-state index in [0.717, 1.165) is 36.8 Å². The number of hydrogen-bond donors (Lipinski definition) is 2. The van der Waals surface area contributed by atoms with Crippen LogP contribution in [-0.4, -0.2) is 60.1 Å². The van der Waals surface area contributed by atoms with Crippen molar-refractivity contribution in [2.45, 2.75) is 25.9 Å². The zero-order valence-corrected chi connectivity index (χ0v) is 20.1. The number of ether oxygens (including phenoxy) is 1. The van der Waals surface area contributed by atoms with Gasteiger partial charge in [0.1, 0.15) is 5.75 Å². The van der Waals surface area contributed by atoms with E-state index >= 15 is 0 Å². The van der Waals surface area contributed by atoms with Gasteiger partial charge in [0, 0.05) is 39.1 Å². The number of likely N-dealkylation sites (tertiary alicyclic amines) is 1. The number of nitrogens with zero attached hydrogens (tertiary/aromatic N) is 4. The number of hydrogen-bond acceptors (Lipinski definition) is 4. The van der Waals surface area contributed by atoms with Gasteiger partial charge in [-0.05, 0) is 30.0 Å². The van der Waals surface area contributed by atoms with Crippen LogP contribution in [0.4, 0.5) is 0 Å². The average Bonchev–Trinajstić information content (AvgIpc) is 3.28. The number of halogens is 1. The highest BCUT2D eigenvalue weighted by Crippen LogP contribution is 2.27. The Hall–Kier alpha value is -2.30. The lowest BCUT2D eigenvalue weighted by atomic mass is 9.93. The van der Waals surface area contributed by atoms with Crippen LogP contribution in [0.5, 0.6) is 5.75 Å². The van der Waals surface area contributed by atoms with Crippen molar-refractivity contribution in [2.75, 3.05) is 33.8 Å². The zero-order chi connectivity index (χ0) is 20.6. The lowest BCUT2D eigenvalue weighted by Crippen LogP contribution is -2.50. The minimum Gasteiger partial charge on any atom is -0.497 e. The number of amides is 1. The van der Waals surface area contributed by atoms with Gasteiger partial charge in [0.05, 0.1) is 26.0 Å². The molecule has 1 aliphatic rings. The van der Waals surface area contributed by atoms with Crippen molar-refractivity contribution in [3.63, 3.8) is 0 Å². The van der Waals surface area contributed by atoms with Crippen molar-refractivity contribution in [3.05, 3.63) is 48.5 Å². The fourth-order valence-corrected chi connectivity index (χ4v) is 3.59. The topological polar surface area (TPSA) is 83.8 Å². The van der Waals surface area contributed by atoms with Crippen molar-refractivity contribution in [1.29, 1.82) is 0 Å². The third kappa shape index (κ3) is 6.35. The van der Waals surface area contributed by atoms with E-state index in [9.17, 15) is 4.79 Å². The van der Waals surface area contributed by atoms with E-state index in [-0.39, 0.29) is 36.4 Å². The second kappa shape index (κ2) is 11.8. The summed E-state index contributed by atoms with van der Waals surface area (Å²) in [6, 6.07) is 7.99. The molecule has 0 spiro atoms. The average molecular weight is 526 g/mol. The highest BCUT2D eigenvalue weighted by molar-refractivity contribution is 14.0. The molecule has 164 valence electrons. The molecule has 1 aliphatic heterocycles. The molecule has 0 saturated carbocycles.